The topological polar surface area (TPSA) is 65.4 Å². The Morgan fingerprint density at radius 2 is 1.86 bits per heavy atom. The highest BCUT2D eigenvalue weighted by atomic mass is 32.2. The number of halogens is 1. The summed E-state index contributed by atoms with van der Waals surface area (Å²) in [5.74, 6) is 0.783. The van der Waals surface area contributed by atoms with Crippen LogP contribution in [0.4, 0.5) is 4.39 Å². The SMILES string of the molecule is N#Cc1ccc(CSCC(=O)NC[C@H](c2ccc(F)cc2)N2CCOCC2)cc1. The lowest BCUT2D eigenvalue weighted by molar-refractivity contribution is -0.118. The lowest BCUT2D eigenvalue weighted by Gasteiger charge is -2.35. The lowest BCUT2D eigenvalue weighted by Crippen LogP contribution is -2.44. The van der Waals surface area contributed by atoms with Gasteiger partial charge in [-0.15, -0.1) is 11.8 Å². The fraction of sp³-hybridized carbons (Fsp3) is 0.364. The molecule has 2 aromatic rings. The van der Waals surface area contributed by atoms with Crippen LogP contribution < -0.4 is 5.32 Å². The van der Waals surface area contributed by atoms with Gasteiger partial charge >= 0.3 is 0 Å². The first kappa shape index (κ1) is 21.3. The molecule has 1 N–H and O–H groups in total. The van der Waals surface area contributed by atoms with Gasteiger partial charge in [0.05, 0.1) is 36.6 Å². The Balaban J connectivity index is 1.50. The summed E-state index contributed by atoms with van der Waals surface area (Å²) in [5.41, 5.74) is 2.70. The highest BCUT2D eigenvalue weighted by molar-refractivity contribution is 7.99. The van der Waals surface area contributed by atoms with Gasteiger partial charge in [0.15, 0.2) is 0 Å². The average Bonchev–Trinajstić information content (AvgIpc) is 2.76. The van der Waals surface area contributed by atoms with Crippen molar-refractivity contribution in [2.75, 3.05) is 38.6 Å². The van der Waals surface area contributed by atoms with E-state index in [0.29, 0.717) is 36.8 Å². The number of carbonyl (C=O) groups excluding carboxylic acids is 1. The molecule has 1 heterocycles. The summed E-state index contributed by atoms with van der Waals surface area (Å²) in [6.07, 6.45) is 0. The number of nitriles is 1. The van der Waals surface area contributed by atoms with Crippen LogP contribution in [-0.4, -0.2) is 49.4 Å². The second-order valence-corrected chi connectivity index (χ2v) is 7.81. The molecular weight excluding hydrogens is 389 g/mol. The zero-order chi connectivity index (χ0) is 20.5. The van der Waals surface area contributed by atoms with Crippen LogP contribution in [0.25, 0.3) is 0 Å². The first-order valence-corrected chi connectivity index (χ1v) is 10.7. The van der Waals surface area contributed by atoms with Gasteiger partial charge in [0.1, 0.15) is 5.82 Å². The third kappa shape index (κ3) is 6.57. The normalized spacial score (nSPS) is 15.4. The van der Waals surface area contributed by atoms with Gasteiger partial charge in [-0.3, -0.25) is 9.69 Å². The van der Waals surface area contributed by atoms with Gasteiger partial charge in [0.25, 0.3) is 0 Å². The van der Waals surface area contributed by atoms with E-state index in [1.165, 1.54) is 23.9 Å². The Kier molecular flexibility index (Phi) is 8.05. The fourth-order valence-electron chi connectivity index (χ4n) is 3.23. The molecule has 0 unspecified atom stereocenters. The Morgan fingerprint density at radius 3 is 2.52 bits per heavy atom. The van der Waals surface area contributed by atoms with Gasteiger partial charge in [-0.05, 0) is 35.4 Å². The molecule has 3 rings (SSSR count). The van der Waals surface area contributed by atoms with E-state index in [1.54, 1.807) is 24.3 Å². The van der Waals surface area contributed by atoms with Crippen molar-refractivity contribution in [2.24, 2.45) is 0 Å². The van der Waals surface area contributed by atoms with Crippen LogP contribution in [0.1, 0.15) is 22.7 Å². The Morgan fingerprint density at radius 1 is 1.17 bits per heavy atom. The molecular formula is C22H24FN3O2S. The summed E-state index contributed by atoms with van der Waals surface area (Å²) in [7, 11) is 0. The molecule has 7 heteroatoms. The Hall–Kier alpha value is -2.40. The summed E-state index contributed by atoms with van der Waals surface area (Å²) in [6.45, 7) is 3.36. The molecule has 1 atom stereocenters. The summed E-state index contributed by atoms with van der Waals surface area (Å²) in [6, 6.07) is 15.9. The quantitative estimate of drug-likeness (QED) is 0.720. The van der Waals surface area contributed by atoms with Crippen molar-refractivity contribution in [3.63, 3.8) is 0 Å². The van der Waals surface area contributed by atoms with Crippen molar-refractivity contribution < 1.29 is 13.9 Å². The van der Waals surface area contributed by atoms with Crippen LogP contribution in [0.15, 0.2) is 48.5 Å². The van der Waals surface area contributed by atoms with Crippen LogP contribution in [-0.2, 0) is 15.3 Å². The number of hydrogen-bond acceptors (Lipinski definition) is 5. The minimum absolute atomic E-state index is 0.00743. The van der Waals surface area contributed by atoms with E-state index in [4.69, 9.17) is 10.00 Å². The Bertz CT molecular complexity index is 831. The molecule has 1 aliphatic rings. The number of hydrogen-bond donors (Lipinski definition) is 1. The number of thioether (sulfide) groups is 1. The molecule has 1 saturated heterocycles. The van der Waals surface area contributed by atoms with Gasteiger partial charge in [-0.2, -0.15) is 5.26 Å². The minimum atomic E-state index is -0.266. The van der Waals surface area contributed by atoms with E-state index in [1.807, 2.05) is 12.1 Å². The zero-order valence-electron chi connectivity index (χ0n) is 16.1. The molecule has 0 saturated carbocycles. The molecule has 0 spiro atoms. The summed E-state index contributed by atoms with van der Waals surface area (Å²) < 4.78 is 18.7. The molecule has 5 nitrogen and oxygen atoms in total. The second kappa shape index (κ2) is 11.0. The number of benzene rings is 2. The predicted molar refractivity (Wildman–Crippen MR) is 112 cm³/mol. The minimum Gasteiger partial charge on any atom is -0.379 e. The number of morpholine rings is 1. The maximum Gasteiger partial charge on any atom is 0.230 e. The molecule has 152 valence electrons. The van der Waals surface area contributed by atoms with Gasteiger partial charge < -0.3 is 10.1 Å². The van der Waals surface area contributed by atoms with E-state index in [-0.39, 0.29) is 17.8 Å². The van der Waals surface area contributed by atoms with E-state index in [2.05, 4.69) is 16.3 Å². The Labute approximate surface area is 174 Å². The van der Waals surface area contributed by atoms with Gasteiger partial charge in [-0.1, -0.05) is 24.3 Å². The standard InChI is InChI=1S/C22H24FN3O2S/c23-20-7-5-19(6-8-20)21(26-9-11-28-12-10-26)14-25-22(27)16-29-15-18-3-1-17(13-24)2-4-18/h1-8,21H,9-12,14-16H2,(H,25,27)/t21-/m1/s1. The predicted octanol–water partition coefficient (Wildman–Crippen LogP) is 3.12. The van der Waals surface area contributed by atoms with Gasteiger partial charge in [0.2, 0.25) is 5.91 Å². The molecule has 0 radical (unpaired) electrons. The van der Waals surface area contributed by atoms with Crippen molar-refractivity contribution in [3.8, 4) is 6.07 Å². The summed E-state index contributed by atoms with van der Waals surface area (Å²) in [4.78, 5) is 14.6. The number of nitrogens with zero attached hydrogens (tertiary/aromatic N) is 2. The molecule has 1 amide bonds. The molecule has 1 fully saturated rings. The lowest BCUT2D eigenvalue weighted by atomic mass is 10.0. The van der Waals surface area contributed by atoms with Crippen LogP contribution in [0, 0.1) is 17.1 Å². The van der Waals surface area contributed by atoms with Crippen molar-refractivity contribution >= 4 is 17.7 Å². The van der Waals surface area contributed by atoms with Gasteiger partial charge in [-0.25, -0.2) is 4.39 Å². The van der Waals surface area contributed by atoms with E-state index < -0.39 is 0 Å². The highest BCUT2D eigenvalue weighted by Crippen LogP contribution is 2.22. The van der Waals surface area contributed by atoms with Crippen LogP contribution in [0.3, 0.4) is 0 Å². The second-order valence-electron chi connectivity index (χ2n) is 6.82. The van der Waals surface area contributed by atoms with Crippen LogP contribution >= 0.6 is 11.8 Å². The highest BCUT2D eigenvalue weighted by Gasteiger charge is 2.23. The molecule has 0 aliphatic carbocycles. The smallest absolute Gasteiger partial charge is 0.230 e. The monoisotopic (exact) mass is 413 g/mol. The third-order valence-electron chi connectivity index (χ3n) is 4.82. The fourth-order valence-corrected chi connectivity index (χ4v) is 4.05. The first-order valence-electron chi connectivity index (χ1n) is 9.56. The third-order valence-corrected chi connectivity index (χ3v) is 5.82. The van der Waals surface area contributed by atoms with Crippen LogP contribution in [0.5, 0.6) is 0 Å². The van der Waals surface area contributed by atoms with E-state index in [0.717, 1.165) is 24.2 Å². The number of nitrogens with one attached hydrogen (secondary N) is 1. The first-order chi connectivity index (χ1) is 14.2. The maximum atomic E-state index is 13.3. The number of carbonyl (C=O) groups is 1. The largest absolute Gasteiger partial charge is 0.379 e. The molecule has 0 bridgehead atoms. The number of amides is 1. The van der Waals surface area contributed by atoms with E-state index in [9.17, 15) is 9.18 Å². The molecule has 29 heavy (non-hydrogen) atoms. The zero-order valence-corrected chi connectivity index (χ0v) is 17.0. The molecule has 1 aliphatic heterocycles. The number of ether oxygens (including phenoxy) is 1. The summed E-state index contributed by atoms with van der Waals surface area (Å²) >= 11 is 1.53. The van der Waals surface area contributed by atoms with Crippen molar-refractivity contribution in [1.82, 2.24) is 10.2 Å². The maximum absolute atomic E-state index is 13.3. The van der Waals surface area contributed by atoms with Gasteiger partial charge in [0, 0.05) is 25.4 Å². The van der Waals surface area contributed by atoms with E-state index >= 15 is 0 Å². The molecule has 0 aromatic heterocycles. The summed E-state index contributed by atoms with van der Waals surface area (Å²) in [5, 5.41) is 11.9. The average molecular weight is 414 g/mol. The van der Waals surface area contributed by atoms with Crippen molar-refractivity contribution in [2.45, 2.75) is 11.8 Å². The van der Waals surface area contributed by atoms with Crippen LogP contribution in [0.2, 0.25) is 0 Å². The number of rotatable bonds is 8. The van der Waals surface area contributed by atoms with Crippen molar-refractivity contribution in [3.05, 3.63) is 71.0 Å². The molecule has 2 aromatic carbocycles. The van der Waals surface area contributed by atoms with Crippen molar-refractivity contribution in [1.29, 1.82) is 5.26 Å².